The Hall–Kier alpha value is -3.41. The summed E-state index contributed by atoms with van der Waals surface area (Å²) in [5.74, 6) is 0.295. The van der Waals surface area contributed by atoms with E-state index < -0.39 is 18.3 Å². The van der Waals surface area contributed by atoms with Crippen molar-refractivity contribution in [2.45, 2.75) is 173 Å². The molecule has 0 aromatic heterocycles. The fraction of sp³-hybridized carbons (Fsp3) is 0.476. The molecule has 0 saturated carbocycles. The molecule has 8 rings (SSSR count). The summed E-state index contributed by atoms with van der Waals surface area (Å²) in [6, 6.07) is 30.6. The van der Waals surface area contributed by atoms with Gasteiger partial charge in [0.1, 0.15) is 0 Å². The van der Waals surface area contributed by atoms with E-state index in [4.69, 9.17) is 4.21 Å². The summed E-state index contributed by atoms with van der Waals surface area (Å²) in [6.45, 7) is 48.3. The third-order valence-electron chi connectivity index (χ3n) is 16.4. The molecule has 0 amide bonds. The molecule has 0 fully saturated rings. The minimum absolute atomic E-state index is 0.0102. The molecule has 4 aliphatic carbocycles. The molecule has 0 spiro atoms. The van der Waals surface area contributed by atoms with Gasteiger partial charge in [0.25, 0.3) is 0 Å². The van der Waals surface area contributed by atoms with Gasteiger partial charge >= 0.3 is 394 Å². The van der Waals surface area contributed by atoms with E-state index in [0.717, 1.165) is 12.8 Å². The van der Waals surface area contributed by atoms with E-state index in [2.05, 4.69) is 229 Å². The molecule has 0 bridgehead atoms. The molecule has 1 atom stereocenters. The Bertz CT molecular complexity index is 2730. The van der Waals surface area contributed by atoms with E-state index in [-0.39, 0.29) is 37.9 Å². The van der Waals surface area contributed by atoms with E-state index >= 15 is 0 Å². The van der Waals surface area contributed by atoms with Crippen LogP contribution in [0.25, 0.3) is 22.3 Å². The van der Waals surface area contributed by atoms with E-state index in [1.807, 2.05) is 0 Å². The van der Waals surface area contributed by atoms with Gasteiger partial charge in [-0.15, -0.1) is 0 Å². The molecular formula is C63H82Zr. The Balaban J connectivity index is 1.53. The van der Waals surface area contributed by atoms with Crippen molar-refractivity contribution in [3.8, 4) is 11.1 Å². The van der Waals surface area contributed by atoms with Crippen molar-refractivity contribution in [2.75, 3.05) is 0 Å². The molecule has 0 aliphatic heterocycles. The SMILES string of the molecule is [CH2]=[Zr]([C]1=CC(C(C)(C)C)=CC1CC)([C]1=C(C(C)(C)C)c2cc3c(cc2C1(C)C)Cc1cc2c(cc1-3)C(C(C)(C)C)=CC2(C)C)([c]1ccc(C(C)(C)C)cc1)[c]1ccc(C(C)(C)C)cc1. The van der Waals surface area contributed by atoms with E-state index in [1.165, 1.54) is 78.9 Å². The van der Waals surface area contributed by atoms with Crippen LogP contribution in [-0.2, 0) is 46.4 Å². The number of fused-ring (bicyclic) bond motifs is 5. The van der Waals surface area contributed by atoms with Gasteiger partial charge in [-0.3, -0.25) is 0 Å². The van der Waals surface area contributed by atoms with Crippen LogP contribution in [0.4, 0.5) is 0 Å². The number of benzene rings is 4. The predicted molar refractivity (Wildman–Crippen MR) is 281 cm³/mol. The van der Waals surface area contributed by atoms with Crippen LogP contribution in [0.2, 0.25) is 0 Å². The fourth-order valence-corrected chi connectivity index (χ4v) is 32.1. The Kier molecular flexibility index (Phi) is 10.5. The second kappa shape index (κ2) is 14.3. The second-order valence-corrected chi connectivity index (χ2v) is 39.7. The minimum atomic E-state index is -5.35. The summed E-state index contributed by atoms with van der Waals surface area (Å²) in [5, 5.41) is 0. The van der Waals surface area contributed by atoms with Crippen molar-refractivity contribution < 1.29 is 18.3 Å². The first-order valence-corrected chi connectivity index (χ1v) is 31.3. The number of rotatable bonds is 5. The quantitative estimate of drug-likeness (QED) is 0.165. The van der Waals surface area contributed by atoms with Crippen LogP contribution in [0, 0.1) is 22.2 Å². The Labute approximate surface area is 391 Å². The third kappa shape index (κ3) is 6.92. The Morgan fingerprint density at radius 2 is 1.03 bits per heavy atom. The molecule has 64 heavy (non-hydrogen) atoms. The fourth-order valence-electron chi connectivity index (χ4n) is 12.8. The maximum absolute atomic E-state index is 6.19. The van der Waals surface area contributed by atoms with Gasteiger partial charge in [-0.2, -0.15) is 0 Å². The van der Waals surface area contributed by atoms with Gasteiger partial charge in [-0.25, -0.2) is 0 Å². The number of allylic oxidation sites excluding steroid dienone is 8. The van der Waals surface area contributed by atoms with Gasteiger partial charge in [0, 0.05) is 0 Å². The first-order chi connectivity index (χ1) is 29.1. The second-order valence-electron chi connectivity index (χ2n) is 27.0. The van der Waals surface area contributed by atoms with E-state index in [0.29, 0.717) is 5.92 Å². The molecule has 4 aromatic rings. The molecule has 1 unspecified atom stereocenters. The van der Waals surface area contributed by atoms with Crippen molar-refractivity contribution in [1.82, 2.24) is 0 Å². The van der Waals surface area contributed by atoms with Crippen molar-refractivity contribution in [3.05, 3.63) is 148 Å². The molecule has 4 aliphatic rings. The normalized spacial score (nSPS) is 19.6. The molecule has 0 N–H and O–H groups in total. The zero-order valence-corrected chi connectivity index (χ0v) is 46.3. The Morgan fingerprint density at radius 1 is 0.562 bits per heavy atom. The third-order valence-corrected chi connectivity index (χ3v) is 33.6. The molecule has 1 heteroatoms. The standard InChI is InChI=1S/C31H37.C11H17.2C10H13.CH2.Zr/c1-28(2,3)26-16-30(7,8)24-12-18-11-19-13-25-23(15-21(19)20(18)14-22(24)26)27(29(4,5)6)17-31(25,9)10;1-5-9-6-7-10(8-9)11(2,3)4;2*1-10(2,3)9-7-5-4-6-8-9;;/h12-16H,11H2,1-10H3;7-9H,5H2,1-4H3;2*5-8H,1-3H3;1H2;. The average molecular weight is 931 g/mol. The Morgan fingerprint density at radius 3 is 1.45 bits per heavy atom. The van der Waals surface area contributed by atoms with Gasteiger partial charge in [-0.05, 0) is 0 Å². The summed E-state index contributed by atoms with van der Waals surface area (Å²) < 4.78 is 12.3. The molecule has 338 valence electrons. The molecule has 0 heterocycles. The van der Waals surface area contributed by atoms with Gasteiger partial charge < -0.3 is 0 Å². The van der Waals surface area contributed by atoms with E-state index in [1.54, 1.807) is 6.56 Å². The zero-order valence-electron chi connectivity index (χ0n) is 43.9. The van der Waals surface area contributed by atoms with Crippen LogP contribution < -0.4 is 6.54 Å². The molecule has 0 radical (unpaired) electrons. The first kappa shape index (κ1) is 47.1. The maximum atomic E-state index is 6.19. The summed E-state index contributed by atoms with van der Waals surface area (Å²) in [6.07, 6.45) is 9.93. The van der Waals surface area contributed by atoms with Crippen molar-refractivity contribution >= 4 is 21.9 Å². The van der Waals surface area contributed by atoms with Crippen molar-refractivity contribution in [2.24, 2.45) is 22.2 Å². The molecule has 0 nitrogen and oxygen atoms in total. The van der Waals surface area contributed by atoms with Gasteiger partial charge in [0.15, 0.2) is 0 Å². The monoisotopic (exact) mass is 929 g/mol. The number of hydrogen-bond acceptors (Lipinski definition) is 0. The summed E-state index contributed by atoms with van der Waals surface area (Å²) in [5.41, 5.74) is 18.6. The predicted octanol–water partition coefficient (Wildman–Crippen LogP) is 16.3. The number of hydrogen-bond donors (Lipinski definition) is 0. The van der Waals surface area contributed by atoms with Crippen LogP contribution in [0.15, 0.2) is 103 Å². The average Bonchev–Trinajstić information content (AvgIpc) is 3.91. The zero-order chi connectivity index (χ0) is 47.4. The van der Waals surface area contributed by atoms with Gasteiger partial charge in [-0.1, -0.05) is 0 Å². The molecule has 4 aromatic carbocycles. The summed E-state index contributed by atoms with van der Waals surface area (Å²) >= 11 is -5.35. The summed E-state index contributed by atoms with van der Waals surface area (Å²) in [4.78, 5) is 0. The van der Waals surface area contributed by atoms with Crippen LogP contribution >= 0.6 is 0 Å². The van der Waals surface area contributed by atoms with Gasteiger partial charge in [0.2, 0.25) is 0 Å². The van der Waals surface area contributed by atoms with E-state index in [9.17, 15) is 0 Å². The topological polar surface area (TPSA) is 0 Å². The van der Waals surface area contributed by atoms with Crippen LogP contribution in [0.5, 0.6) is 0 Å². The van der Waals surface area contributed by atoms with Crippen LogP contribution in [0.1, 0.15) is 189 Å². The molecule has 0 saturated heterocycles. The van der Waals surface area contributed by atoms with Crippen LogP contribution in [0.3, 0.4) is 0 Å². The van der Waals surface area contributed by atoms with Crippen LogP contribution in [-0.4, -0.2) is 4.21 Å². The molecular weight excluding hydrogens is 848 g/mol. The summed E-state index contributed by atoms with van der Waals surface area (Å²) in [7, 11) is 0. The van der Waals surface area contributed by atoms with Crippen molar-refractivity contribution in [3.63, 3.8) is 0 Å². The first-order valence-electron chi connectivity index (χ1n) is 24.7. The van der Waals surface area contributed by atoms with Gasteiger partial charge in [0.05, 0.1) is 0 Å². The van der Waals surface area contributed by atoms with Crippen molar-refractivity contribution in [1.29, 1.82) is 0 Å².